The highest BCUT2D eigenvalue weighted by molar-refractivity contribution is 5.56. The van der Waals surface area contributed by atoms with Crippen molar-refractivity contribution in [1.29, 1.82) is 5.26 Å². The van der Waals surface area contributed by atoms with Gasteiger partial charge >= 0.3 is 0 Å². The lowest BCUT2D eigenvalue weighted by molar-refractivity contribution is 0.687. The summed E-state index contributed by atoms with van der Waals surface area (Å²) in [6.07, 6.45) is 5.56. The maximum absolute atomic E-state index is 8.77. The van der Waals surface area contributed by atoms with E-state index in [2.05, 4.69) is 16.2 Å². The topological polar surface area (TPSA) is 54.5 Å². The van der Waals surface area contributed by atoms with Crippen LogP contribution < -0.4 is 0 Å². The van der Waals surface area contributed by atoms with Crippen molar-refractivity contribution in [3.8, 4) is 17.3 Å². The zero-order chi connectivity index (χ0) is 13.8. The first-order valence-corrected chi connectivity index (χ1v) is 6.28. The van der Waals surface area contributed by atoms with Gasteiger partial charge in [-0.15, -0.1) is 0 Å². The molecule has 3 rings (SSSR count). The predicted octanol–water partition coefficient (Wildman–Crippen LogP) is 2.87. The van der Waals surface area contributed by atoms with Gasteiger partial charge in [0, 0.05) is 18.0 Å². The van der Waals surface area contributed by atoms with Crippen LogP contribution in [0.3, 0.4) is 0 Å². The van der Waals surface area contributed by atoms with Crippen molar-refractivity contribution in [3.05, 3.63) is 72.2 Å². The minimum absolute atomic E-state index is 0.670. The van der Waals surface area contributed by atoms with E-state index in [1.165, 1.54) is 0 Å². The molecule has 0 amide bonds. The number of nitriles is 1. The van der Waals surface area contributed by atoms with E-state index in [0.29, 0.717) is 12.1 Å². The van der Waals surface area contributed by atoms with Crippen LogP contribution in [-0.2, 0) is 6.54 Å². The highest BCUT2D eigenvalue weighted by Gasteiger charge is 2.03. The molecule has 0 aliphatic rings. The number of hydrogen-bond acceptors (Lipinski definition) is 3. The molecular formula is C16H12N4. The van der Waals surface area contributed by atoms with Crippen LogP contribution in [0.4, 0.5) is 0 Å². The molecule has 3 aromatic rings. The van der Waals surface area contributed by atoms with Crippen LogP contribution in [0.15, 0.2) is 61.1 Å². The Kier molecular flexibility index (Phi) is 3.25. The molecule has 4 nitrogen and oxygen atoms in total. The molecule has 0 spiro atoms. The van der Waals surface area contributed by atoms with Crippen LogP contribution in [-0.4, -0.2) is 14.8 Å². The van der Waals surface area contributed by atoms with Gasteiger partial charge in [0.1, 0.15) is 0 Å². The molecule has 2 heterocycles. The van der Waals surface area contributed by atoms with Gasteiger partial charge in [-0.05, 0) is 29.8 Å². The predicted molar refractivity (Wildman–Crippen MR) is 75.7 cm³/mol. The molecule has 0 unspecified atom stereocenters. The molecule has 2 aromatic heterocycles. The Bertz CT molecular complexity index is 736. The molecule has 0 saturated carbocycles. The molecule has 0 aliphatic heterocycles. The molecule has 4 heteroatoms. The van der Waals surface area contributed by atoms with Gasteiger partial charge in [0.05, 0.1) is 30.1 Å². The number of benzene rings is 1. The van der Waals surface area contributed by atoms with Crippen molar-refractivity contribution in [2.75, 3.05) is 0 Å². The Hall–Kier alpha value is -2.93. The largest absolute Gasteiger partial charge is 0.268 e. The summed E-state index contributed by atoms with van der Waals surface area (Å²) < 4.78 is 1.87. The molecule has 0 aliphatic carbocycles. The number of rotatable bonds is 3. The van der Waals surface area contributed by atoms with Gasteiger partial charge in [-0.1, -0.05) is 18.2 Å². The number of hydrogen-bond donors (Lipinski definition) is 0. The van der Waals surface area contributed by atoms with Crippen LogP contribution >= 0.6 is 0 Å². The van der Waals surface area contributed by atoms with E-state index in [1.807, 2.05) is 59.5 Å². The Morgan fingerprint density at radius 1 is 1.10 bits per heavy atom. The van der Waals surface area contributed by atoms with Gasteiger partial charge in [0.2, 0.25) is 0 Å². The van der Waals surface area contributed by atoms with Crippen molar-refractivity contribution in [2.24, 2.45) is 0 Å². The van der Waals surface area contributed by atoms with E-state index in [4.69, 9.17) is 5.26 Å². The molecule has 0 radical (unpaired) electrons. The lowest BCUT2D eigenvalue weighted by Gasteiger charge is -2.01. The van der Waals surface area contributed by atoms with E-state index in [-0.39, 0.29) is 0 Å². The summed E-state index contributed by atoms with van der Waals surface area (Å²) in [6, 6.07) is 15.5. The van der Waals surface area contributed by atoms with E-state index >= 15 is 0 Å². The van der Waals surface area contributed by atoms with Gasteiger partial charge in [-0.25, -0.2) is 0 Å². The second-order valence-electron chi connectivity index (χ2n) is 4.45. The monoisotopic (exact) mass is 260 g/mol. The van der Waals surface area contributed by atoms with Gasteiger partial charge in [0.15, 0.2) is 0 Å². The van der Waals surface area contributed by atoms with Gasteiger partial charge in [-0.3, -0.25) is 9.67 Å². The average molecular weight is 260 g/mol. The number of nitrogens with zero attached hydrogens (tertiary/aromatic N) is 4. The summed E-state index contributed by atoms with van der Waals surface area (Å²) in [5.41, 5.74) is 3.70. The molecular weight excluding hydrogens is 248 g/mol. The van der Waals surface area contributed by atoms with Crippen molar-refractivity contribution >= 4 is 0 Å². The van der Waals surface area contributed by atoms with Crippen molar-refractivity contribution in [1.82, 2.24) is 14.8 Å². The fourth-order valence-electron chi connectivity index (χ4n) is 1.99. The van der Waals surface area contributed by atoms with Crippen LogP contribution in [0.1, 0.15) is 11.1 Å². The van der Waals surface area contributed by atoms with Gasteiger partial charge in [0.25, 0.3) is 0 Å². The first-order chi connectivity index (χ1) is 9.85. The maximum atomic E-state index is 8.77. The quantitative estimate of drug-likeness (QED) is 0.727. The Morgan fingerprint density at radius 2 is 1.95 bits per heavy atom. The lowest BCUT2D eigenvalue weighted by Crippen LogP contribution is -1.99. The molecule has 0 saturated heterocycles. The maximum Gasteiger partial charge on any atom is 0.0991 e. The SMILES string of the molecule is N#Cc1ccc(Cn2cc(-c3ccccn3)cn2)cc1. The second-order valence-corrected chi connectivity index (χ2v) is 4.45. The zero-order valence-corrected chi connectivity index (χ0v) is 10.8. The summed E-state index contributed by atoms with van der Waals surface area (Å²) in [6.45, 7) is 0.679. The third-order valence-corrected chi connectivity index (χ3v) is 3.02. The van der Waals surface area contributed by atoms with E-state index < -0.39 is 0 Å². The third-order valence-electron chi connectivity index (χ3n) is 3.02. The summed E-state index contributed by atoms with van der Waals surface area (Å²) in [4.78, 5) is 4.30. The Morgan fingerprint density at radius 3 is 2.65 bits per heavy atom. The molecule has 0 fully saturated rings. The van der Waals surface area contributed by atoms with E-state index in [1.54, 1.807) is 6.20 Å². The standard InChI is InChI=1S/C16H12N4/c17-9-13-4-6-14(7-5-13)11-20-12-15(10-19-20)16-3-1-2-8-18-16/h1-8,10,12H,11H2. The molecule has 0 atom stereocenters. The fourth-order valence-corrected chi connectivity index (χ4v) is 1.99. The Balaban J connectivity index is 1.79. The number of aromatic nitrogens is 3. The fraction of sp³-hybridized carbons (Fsp3) is 0.0625. The minimum atomic E-state index is 0.670. The Labute approximate surface area is 116 Å². The number of pyridine rings is 1. The average Bonchev–Trinajstić information content (AvgIpc) is 2.97. The summed E-state index contributed by atoms with van der Waals surface area (Å²) in [7, 11) is 0. The summed E-state index contributed by atoms with van der Waals surface area (Å²) in [5, 5.41) is 13.1. The van der Waals surface area contributed by atoms with Gasteiger partial charge < -0.3 is 0 Å². The molecule has 20 heavy (non-hydrogen) atoms. The normalized spacial score (nSPS) is 10.2. The zero-order valence-electron chi connectivity index (χ0n) is 10.8. The highest BCUT2D eigenvalue weighted by atomic mass is 15.3. The molecule has 0 N–H and O–H groups in total. The van der Waals surface area contributed by atoms with E-state index in [9.17, 15) is 0 Å². The third kappa shape index (κ3) is 2.57. The lowest BCUT2D eigenvalue weighted by atomic mass is 10.1. The molecule has 96 valence electrons. The molecule has 0 bridgehead atoms. The first-order valence-electron chi connectivity index (χ1n) is 6.28. The van der Waals surface area contributed by atoms with Crippen molar-refractivity contribution in [3.63, 3.8) is 0 Å². The van der Waals surface area contributed by atoms with Crippen molar-refractivity contribution < 1.29 is 0 Å². The minimum Gasteiger partial charge on any atom is -0.268 e. The second kappa shape index (κ2) is 5.37. The van der Waals surface area contributed by atoms with Crippen LogP contribution in [0, 0.1) is 11.3 Å². The highest BCUT2D eigenvalue weighted by Crippen LogP contribution is 2.15. The van der Waals surface area contributed by atoms with Gasteiger partial charge in [-0.2, -0.15) is 10.4 Å². The van der Waals surface area contributed by atoms with E-state index in [0.717, 1.165) is 16.8 Å². The van der Waals surface area contributed by atoms with Crippen molar-refractivity contribution in [2.45, 2.75) is 6.54 Å². The van der Waals surface area contributed by atoms with Crippen LogP contribution in [0.25, 0.3) is 11.3 Å². The first kappa shape index (κ1) is 12.1. The smallest absolute Gasteiger partial charge is 0.0991 e. The summed E-state index contributed by atoms with van der Waals surface area (Å²) >= 11 is 0. The van der Waals surface area contributed by atoms with Crippen LogP contribution in [0.2, 0.25) is 0 Å². The van der Waals surface area contributed by atoms with Crippen LogP contribution in [0.5, 0.6) is 0 Å². The molecule has 1 aromatic carbocycles. The summed E-state index contributed by atoms with van der Waals surface area (Å²) in [5.74, 6) is 0.